The number of hydrogen-bond acceptors (Lipinski definition) is 4. The number of aliphatic hydroxyl groups is 1. The maximum absolute atomic E-state index is 11.7. The lowest BCUT2D eigenvalue weighted by Crippen LogP contribution is -2.33. The fraction of sp³-hybridized carbons (Fsp3) is 0.667. The highest BCUT2D eigenvalue weighted by Gasteiger charge is 2.38. The third-order valence-electron chi connectivity index (χ3n) is 2.78. The van der Waals surface area contributed by atoms with Crippen molar-refractivity contribution in [1.29, 1.82) is 0 Å². The van der Waals surface area contributed by atoms with Crippen LogP contribution < -0.4 is 0 Å². The summed E-state index contributed by atoms with van der Waals surface area (Å²) >= 11 is 0. The minimum Gasteiger partial charge on any atom is -0.465 e. The molecule has 0 aliphatic heterocycles. The van der Waals surface area contributed by atoms with Crippen LogP contribution in [-0.4, -0.2) is 27.5 Å². The van der Waals surface area contributed by atoms with Crippen LogP contribution in [0.25, 0.3) is 0 Å². The van der Waals surface area contributed by atoms with Crippen LogP contribution >= 0.6 is 0 Å². The van der Waals surface area contributed by atoms with Crippen molar-refractivity contribution in [3.05, 3.63) is 18.0 Å². The lowest BCUT2D eigenvalue weighted by Gasteiger charge is -2.27. The van der Waals surface area contributed by atoms with Crippen LogP contribution in [0.4, 0.5) is 0 Å². The molecule has 0 radical (unpaired) electrons. The van der Waals surface area contributed by atoms with Crippen LogP contribution in [0.3, 0.4) is 0 Å². The molecule has 5 heteroatoms. The molecule has 1 aromatic heterocycles. The Bertz CT molecular complexity index is 385. The van der Waals surface area contributed by atoms with Gasteiger partial charge < -0.3 is 9.84 Å². The molecule has 0 fully saturated rings. The Morgan fingerprint density at radius 3 is 2.71 bits per heavy atom. The van der Waals surface area contributed by atoms with Gasteiger partial charge in [-0.3, -0.25) is 9.48 Å². The maximum Gasteiger partial charge on any atom is 0.314 e. The van der Waals surface area contributed by atoms with E-state index in [1.54, 1.807) is 37.8 Å². The third kappa shape index (κ3) is 2.85. The topological polar surface area (TPSA) is 64.3 Å². The molecule has 96 valence electrons. The predicted octanol–water partition coefficient (Wildman–Crippen LogP) is 1.53. The van der Waals surface area contributed by atoms with Crippen molar-refractivity contribution in [2.45, 2.75) is 40.3 Å². The first-order valence-corrected chi connectivity index (χ1v) is 5.81. The Kier molecular flexibility index (Phi) is 4.28. The van der Waals surface area contributed by atoms with Crippen molar-refractivity contribution >= 4 is 5.97 Å². The predicted molar refractivity (Wildman–Crippen MR) is 63.3 cm³/mol. The van der Waals surface area contributed by atoms with Gasteiger partial charge in [-0.05, 0) is 27.7 Å². The molecule has 0 saturated heterocycles. The summed E-state index contributed by atoms with van der Waals surface area (Å²) in [6.45, 7) is 8.07. The van der Waals surface area contributed by atoms with Gasteiger partial charge in [-0.25, -0.2) is 0 Å². The van der Waals surface area contributed by atoms with Crippen LogP contribution in [0.5, 0.6) is 0 Å². The van der Waals surface area contributed by atoms with Gasteiger partial charge in [-0.2, -0.15) is 5.10 Å². The van der Waals surface area contributed by atoms with Crippen molar-refractivity contribution in [1.82, 2.24) is 9.78 Å². The van der Waals surface area contributed by atoms with Gasteiger partial charge in [0.15, 0.2) is 0 Å². The second-order valence-corrected chi connectivity index (χ2v) is 4.47. The molecule has 17 heavy (non-hydrogen) atoms. The SMILES string of the molecule is CCOC(=O)C(C)(C)C(O)c1cnn(CC)c1. The highest BCUT2D eigenvalue weighted by atomic mass is 16.5. The van der Waals surface area contributed by atoms with Gasteiger partial charge in [0.2, 0.25) is 0 Å². The van der Waals surface area contributed by atoms with E-state index in [9.17, 15) is 9.90 Å². The van der Waals surface area contributed by atoms with E-state index < -0.39 is 17.5 Å². The summed E-state index contributed by atoms with van der Waals surface area (Å²) in [4.78, 5) is 11.7. The highest BCUT2D eigenvalue weighted by molar-refractivity contribution is 5.76. The second kappa shape index (κ2) is 5.31. The van der Waals surface area contributed by atoms with E-state index in [1.165, 1.54) is 0 Å². The molecule has 1 N–H and O–H groups in total. The van der Waals surface area contributed by atoms with E-state index >= 15 is 0 Å². The summed E-state index contributed by atoms with van der Waals surface area (Å²) in [5.41, 5.74) is -0.345. The first-order chi connectivity index (χ1) is 7.93. The Morgan fingerprint density at radius 1 is 1.59 bits per heavy atom. The number of aromatic nitrogens is 2. The van der Waals surface area contributed by atoms with E-state index in [4.69, 9.17) is 4.74 Å². The maximum atomic E-state index is 11.7. The number of esters is 1. The zero-order valence-electron chi connectivity index (χ0n) is 10.8. The standard InChI is InChI=1S/C12H20N2O3/c1-5-14-8-9(7-13-14)10(15)12(3,4)11(16)17-6-2/h7-8,10,15H,5-6H2,1-4H3. The average molecular weight is 240 g/mol. The number of carbonyl (C=O) groups excluding carboxylic acids is 1. The zero-order valence-corrected chi connectivity index (χ0v) is 10.8. The van der Waals surface area contributed by atoms with Gasteiger partial charge >= 0.3 is 5.97 Å². The third-order valence-corrected chi connectivity index (χ3v) is 2.78. The van der Waals surface area contributed by atoms with Crippen molar-refractivity contribution < 1.29 is 14.6 Å². The van der Waals surface area contributed by atoms with Gasteiger partial charge in [-0.1, -0.05) is 0 Å². The fourth-order valence-electron chi connectivity index (χ4n) is 1.54. The monoisotopic (exact) mass is 240 g/mol. The molecule has 1 aromatic rings. The molecule has 5 nitrogen and oxygen atoms in total. The summed E-state index contributed by atoms with van der Waals surface area (Å²) < 4.78 is 6.66. The molecule has 1 rings (SSSR count). The molecule has 0 bridgehead atoms. The summed E-state index contributed by atoms with van der Waals surface area (Å²) in [6.07, 6.45) is 2.41. The van der Waals surface area contributed by atoms with E-state index in [1.807, 2.05) is 6.92 Å². The van der Waals surface area contributed by atoms with E-state index in [0.717, 1.165) is 6.54 Å². The molecule has 0 aromatic carbocycles. The highest BCUT2D eigenvalue weighted by Crippen LogP contribution is 2.34. The number of ether oxygens (including phenoxy) is 1. The zero-order chi connectivity index (χ0) is 13.1. The molecule has 1 heterocycles. The number of rotatable bonds is 5. The summed E-state index contributed by atoms with van der Waals surface area (Å²) in [5, 5.41) is 14.3. The number of nitrogens with zero attached hydrogens (tertiary/aromatic N) is 2. The van der Waals surface area contributed by atoms with Crippen molar-refractivity contribution in [2.75, 3.05) is 6.61 Å². The number of aryl methyl sites for hydroxylation is 1. The minimum atomic E-state index is -0.975. The largest absolute Gasteiger partial charge is 0.465 e. The van der Waals surface area contributed by atoms with Crippen LogP contribution in [0, 0.1) is 5.41 Å². The van der Waals surface area contributed by atoms with E-state index in [-0.39, 0.29) is 0 Å². The number of carbonyl (C=O) groups is 1. The Balaban J connectivity index is 2.87. The van der Waals surface area contributed by atoms with E-state index in [0.29, 0.717) is 12.2 Å². The number of aliphatic hydroxyl groups excluding tert-OH is 1. The van der Waals surface area contributed by atoms with Gasteiger partial charge in [0.25, 0.3) is 0 Å². The Hall–Kier alpha value is -1.36. The van der Waals surface area contributed by atoms with Crippen LogP contribution in [0.2, 0.25) is 0 Å². The Labute approximate surface area is 101 Å². The number of hydrogen-bond donors (Lipinski definition) is 1. The second-order valence-electron chi connectivity index (χ2n) is 4.47. The molecule has 0 spiro atoms. The fourth-order valence-corrected chi connectivity index (χ4v) is 1.54. The lowest BCUT2D eigenvalue weighted by atomic mass is 9.84. The summed E-state index contributed by atoms with van der Waals surface area (Å²) in [5.74, 6) is -0.406. The molecule has 0 aliphatic rings. The average Bonchev–Trinajstić information content (AvgIpc) is 2.76. The van der Waals surface area contributed by atoms with Gasteiger partial charge in [0.1, 0.15) is 0 Å². The van der Waals surface area contributed by atoms with Crippen LogP contribution in [0.15, 0.2) is 12.4 Å². The molecule has 0 amide bonds. The first-order valence-electron chi connectivity index (χ1n) is 5.81. The van der Waals surface area contributed by atoms with Crippen molar-refractivity contribution in [3.63, 3.8) is 0 Å². The molecule has 0 saturated carbocycles. The van der Waals surface area contributed by atoms with Crippen molar-refractivity contribution in [2.24, 2.45) is 5.41 Å². The van der Waals surface area contributed by atoms with Gasteiger partial charge in [0, 0.05) is 18.3 Å². The van der Waals surface area contributed by atoms with Crippen molar-refractivity contribution in [3.8, 4) is 0 Å². The van der Waals surface area contributed by atoms with Gasteiger partial charge in [-0.15, -0.1) is 0 Å². The summed E-state index contributed by atoms with van der Waals surface area (Å²) in [6, 6.07) is 0. The first kappa shape index (κ1) is 13.7. The molecule has 0 aliphatic carbocycles. The van der Waals surface area contributed by atoms with Gasteiger partial charge in [0.05, 0.1) is 24.3 Å². The molecule has 1 atom stereocenters. The molecule has 1 unspecified atom stereocenters. The molecular formula is C12H20N2O3. The normalized spacial score (nSPS) is 13.5. The van der Waals surface area contributed by atoms with Crippen LogP contribution in [0.1, 0.15) is 39.4 Å². The lowest BCUT2D eigenvalue weighted by molar-refractivity contribution is -0.160. The molecular weight excluding hydrogens is 220 g/mol. The smallest absolute Gasteiger partial charge is 0.314 e. The summed E-state index contributed by atoms with van der Waals surface area (Å²) in [7, 11) is 0. The van der Waals surface area contributed by atoms with E-state index in [2.05, 4.69) is 5.10 Å². The van der Waals surface area contributed by atoms with Crippen LogP contribution in [-0.2, 0) is 16.1 Å². The quantitative estimate of drug-likeness (QED) is 0.793. The Morgan fingerprint density at radius 2 is 2.24 bits per heavy atom. The minimum absolute atomic E-state index is 0.309.